The van der Waals surface area contributed by atoms with E-state index in [0.29, 0.717) is 22.9 Å². The Labute approximate surface area is 121 Å². The second-order valence-corrected chi connectivity index (χ2v) is 6.79. The number of nitrogens with zero attached hydrogens (tertiary/aromatic N) is 1. The van der Waals surface area contributed by atoms with Crippen molar-refractivity contribution in [1.29, 1.82) is 5.26 Å². The highest BCUT2D eigenvalue weighted by Gasteiger charge is 2.17. The summed E-state index contributed by atoms with van der Waals surface area (Å²) in [5.74, 6) is 0.594. The number of hydrogen-bond acceptors (Lipinski definition) is 5. The van der Waals surface area contributed by atoms with Crippen molar-refractivity contribution in [3.05, 3.63) is 41.3 Å². The maximum Gasteiger partial charge on any atom is 0.271 e. The summed E-state index contributed by atoms with van der Waals surface area (Å²) in [5.41, 5.74) is 0.419. The molecule has 0 fully saturated rings. The maximum atomic E-state index is 12.1. The van der Waals surface area contributed by atoms with Crippen LogP contribution in [0.15, 0.2) is 40.6 Å². The molecule has 0 aliphatic rings. The lowest BCUT2D eigenvalue weighted by Gasteiger charge is -2.08. The van der Waals surface area contributed by atoms with Gasteiger partial charge in [-0.1, -0.05) is 6.07 Å². The Morgan fingerprint density at radius 2 is 2.15 bits per heavy atom. The topological polar surface area (TPSA) is 79.2 Å². The highest BCUT2D eigenvalue weighted by molar-refractivity contribution is 7.94. The second kappa shape index (κ2) is 5.94. The van der Waals surface area contributed by atoms with Crippen molar-refractivity contribution in [2.75, 3.05) is 11.3 Å². The van der Waals surface area contributed by atoms with Crippen molar-refractivity contribution < 1.29 is 13.2 Å². The van der Waals surface area contributed by atoms with Gasteiger partial charge >= 0.3 is 0 Å². The number of nitrogens with one attached hydrogen (secondary N) is 1. The van der Waals surface area contributed by atoms with E-state index in [1.165, 1.54) is 12.1 Å². The largest absolute Gasteiger partial charge is 0.494 e. The van der Waals surface area contributed by atoms with Crippen LogP contribution in [0.25, 0.3) is 0 Å². The molecule has 0 radical (unpaired) electrons. The van der Waals surface area contributed by atoms with E-state index in [-0.39, 0.29) is 4.21 Å². The van der Waals surface area contributed by atoms with Crippen LogP contribution >= 0.6 is 11.3 Å². The number of ether oxygens (including phenoxy) is 1. The van der Waals surface area contributed by atoms with Crippen LogP contribution < -0.4 is 9.46 Å². The fourth-order valence-corrected chi connectivity index (χ4v) is 3.70. The number of benzene rings is 1. The Kier molecular flexibility index (Phi) is 4.27. The zero-order valence-electron chi connectivity index (χ0n) is 10.7. The van der Waals surface area contributed by atoms with Crippen molar-refractivity contribution in [3.63, 3.8) is 0 Å². The predicted molar refractivity (Wildman–Crippen MR) is 77.5 cm³/mol. The molecule has 0 atom stereocenters. The molecule has 2 rings (SSSR count). The summed E-state index contributed by atoms with van der Waals surface area (Å²) in [6.45, 7) is 2.36. The van der Waals surface area contributed by atoms with E-state index in [1.54, 1.807) is 24.3 Å². The summed E-state index contributed by atoms with van der Waals surface area (Å²) in [7, 11) is -3.67. The van der Waals surface area contributed by atoms with E-state index in [9.17, 15) is 8.42 Å². The molecule has 1 aromatic heterocycles. The molecule has 1 N–H and O–H groups in total. The van der Waals surface area contributed by atoms with Crippen LogP contribution in [0.5, 0.6) is 5.75 Å². The lowest BCUT2D eigenvalue weighted by atomic mass is 10.3. The van der Waals surface area contributed by atoms with Gasteiger partial charge < -0.3 is 4.74 Å². The minimum absolute atomic E-state index is 0.107. The van der Waals surface area contributed by atoms with Gasteiger partial charge in [-0.3, -0.25) is 4.72 Å². The van der Waals surface area contributed by atoms with Crippen molar-refractivity contribution in [3.8, 4) is 11.8 Å². The Hall–Kier alpha value is -2.04. The Bertz CT molecular complexity index is 745. The van der Waals surface area contributed by atoms with Gasteiger partial charge in [0.15, 0.2) is 0 Å². The van der Waals surface area contributed by atoms with E-state index in [0.717, 1.165) is 11.3 Å². The minimum Gasteiger partial charge on any atom is -0.494 e. The number of hydrogen-bond donors (Lipinski definition) is 1. The summed E-state index contributed by atoms with van der Waals surface area (Å²) in [4.78, 5) is 0.355. The molecule has 20 heavy (non-hydrogen) atoms. The van der Waals surface area contributed by atoms with Gasteiger partial charge in [0.2, 0.25) is 0 Å². The lowest BCUT2D eigenvalue weighted by Crippen LogP contribution is -2.11. The molecular formula is C13H12N2O3S2. The number of sulfonamides is 1. The fraction of sp³-hybridized carbons (Fsp3) is 0.154. The summed E-state index contributed by atoms with van der Waals surface area (Å²) in [6.07, 6.45) is 0. The van der Waals surface area contributed by atoms with Crippen molar-refractivity contribution in [1.82, 2.24) is 0 Å². The molecule has 0 aliphatic carbocycles. The number of rotatable bonds is 5. The van der Waals surface area contributed by atoms with E-state index in [2.05, 4.69) is 4.72 Å². The third-order valence-corrected chi connectivity index (χ3v) is 5.22. The first-order valence-electron chi connectivity index (χ1n) is 5.81. The van der Waals surface area contributed by atoms with Crippen molar-refractivity contribution in [2.45, 2.75) is 11.1 Å². The molecule has 1 heterocycles. The quantitative estimate of drug-likeness (QED) is 0.921. The Morgan fingerprint density at radius 1 is 1.35 bits per heavy atom. The van der Waals surface area contributed by atoms with Crippen LogP contribution in [0.2, 0.25) is 0 Å². The normalized spacial score (nSPS) is 10.8. The number of anilines is 1. The molecule has 104 valence electrons. The molecule has 2 aromatic rings. The summed E-state index contributed by atoms with van der Waals surface area (Å²) in [5, 5.41) is 8.73. The molecule has 0 saturated heterocycles. The summed E-state index contributed by atoms with van der Waals surface area (Å²) in [6, 6.07) is 11.5. The average Bonchev–Trinajstić information content (AvgIpc) is 2.88. The third kappa shape index (κ3) is 3.29. The van der Waals surface area contributed by atoms with Gasteiger partial charge in [-0.15, -0.1) is 11.3 Å². The molecule has 0 amide bonds. The average molecular weight is 308 g/mol. The van der Waals surface area contributed by atoms with E-state index >= 15 is 0 Å². The first-order valence-corrected chi connectivity index (χ1v) is 8.11. The zero-order chi connectivity index (χ0) is 14.6. The highest BCUT2D eigenvalue weighted by atomic mass is 32.2. The molecule has 0 bridgehead atoms. The lowest BCUT2D eigenvalue weighted by molar-refractivity contribution is 0.340. The number of thiophene rings is 1. The predicted octanol–water partition coefficient (Wildman–Crippen LogP) is 2.82. The molecular weight excluding hydrogens is 296 g/mol. The van der Waals surface area contributed by atoms with Crippen molar-refractivity contribution in [2.24, 2.45) is 0 Å². The van der Waals surface area contributed by atoms with Gasteiger partial charge in [-0.05, 0) is 31.2 Å². The molecule has 0 unspecified atom stereocenters. The van der Waals surface area contributed by atoms with E-state index in [1.807, 2.05) is 13.0 Å². The molecule has 5 nitrogen and oxygen atoms in total. The SMILES string of the molecule is CCOc1cccc(NS(=O)(=O)c2ccc(C#N)s2)c1. The summed E-state index contributed by atoms with van der Waals surface area (Å²) < 4.78 is 32.2. The van der Waals surface area contributed by atoms with Gasteiger partial charge in [-0.2, -0.15) is 5.26 Å². The van der Waals surface area contributed by atoms with Crippen LogP contribution in [0, 0.1) is 11.3 Å². The van der Waals surface area contributed by atoms with Gasteiger partial charge in [0.1, 0.15) is 20.9 Å². The third-order valence-electron chi connectivity index (χ3n) is 2.35. The van der Waals surface area contributed by atoms with Gasteiger partial charge in [0.05, 0.1) is 12.3 Å². The smallest absolute Gasteiger partial charge is 0.271 e. The Morgan fingerprint density at radius 3 is 2.80 bits per heavy atom. The standard InChI is InChI=1S/C13H12N2O3S2/c1-2-18-11-5-3-4-10(8-11)15-20(16,17)13-7-6-12(9-14)19-13/h3-8,15H,2H2,1H3. The fourth-order valence-electron chi connectivity index (χ4n) is 1.55. The molecule has 1 aromatic carbocycles. The molecule has 0 aliphatic heterocycles. The van der Waals surface area contributed by atoms with Crippen LogP contribution in [-0.4, -0.2) is 15.0 Å². The molecule has 0 spiro atoms. The first kappa shape index (κ1) is 14.4. The Balaban J connectivity index is 2.24. The monoisotopic (exact) mass is 308 g/mol. The maximum absolute atomic E-state index is 12.1. The van der Waals surface area contributed by atoms with E-state index < -0.39 is 10.0 Å². The second-order valence-electron chi connectivity index (χ2n) is 3.80. The minimum atomic E-state index is -3.67. The van der Waals surface area contributed by atoms with Crippen LogP contribution in [-0.2, 0) is 10.0 Å². The van der Waals surface area contributed by atoms with Crippen LogP contribution in [0.1, 0.15) is 11.8 Å². The van der Waals surface area contributed by atoms with Gasteiger partial charge in [0, 0.05) is 6.07 Å². The summed E-state index contributed by atoms with van der Waals surface area (Å²) >= 11 is 0.931. The first-order chi connectivity index (χ1) is 9.55. The van der Waals surface area contributed by atoms with Crippen LogP contribution in [0.4, 0.5) is 5.69 Å². The van der Waals surface area contributed by atoms with E-state index in [4.69, 9.17) is 10.00 Å². The van der Waals surface area contributed by atoms with Crippen molar-refractivity contribution >= 4 is 27.0 Å². The molecule has 7 heteroatoms. The number of nitriles is 1. The van der Waals surface area contributed by atoms with Crippen LogP contribution in [0.3, 0.4) is 0 Å². The van der Waals surface area contributed by atoms with Gasteiger partial charge in [0.25, 0.3) is 10.0 Å². The van der Waals surface area contributed by atoms with Gasteiger partial charge in [-0.25, -0.2) is 8.42 Å². The molecule has 0 saturated carbocycles. The highest BCUT2D eigenvalue weighted by Crippen LogP contribution is 2.25. The zero-order valence-corrected chi connectivity index (χ0v) is 12.3.